The molecular formula is C14H29NO2Si. The van der Waals surface area contributed by atoms with E-state index in [0.29, 0.717) is 12.5 Å². The maximum Gasteiger partial charge on any atom is 0.223 e. The van der Waals surface area contributed by atoms with Crippen LogP contribution in [0.5, 0.6) is 0 Å². The predicted octanol–water partition coefficient (Wildman–Crippen LogP) is 3.17. The van der Waals surface area contributed by atoms with E-state index >= 15 is 0 Å². The minimum Gasteiger partial charge on any atom is -0.414 e. The standard InChI is InChI=1S/C14H29NO2Si/c1-10-11(2)14(6,15-12(10)16)9-17-18(7,8)13(3,4)5/h10-11H,9H2,1-8H3,(H,15,16)/t10?,11?,14-/m0/s1. The van der Waals surface area contributed by atoms with Gasteiger partial charge in [0.2, 0.25) is 5.91 Å². The van der Waals surface area contributed by atoms with Gasteiger partial charge in [0.25, 0.3) is 0 Å². The summed E-state index contributed by atoms with van der Waals surface area (Å²) < 4.78 is 6.27. The summed E-state index contributed by atoms with van der Waals surface area (Å²) in [6.07, 6.45) is 0. The lowest BCUT2D eigenvalue weighted by Gasteiger charge is -2.40. The fraction of sp³-hybridized carbons (Fsp3) is 0.929. The quantitative estimate of drug-likeness (QED) is 0.801. The van der Waals surface area contributed by atoms with Crippen LogP contribution in [0.4, 0.5) is 0 Å². The molecule has 1 amide bonds. The van der Waals surface area contributed by atoms with Crippen LogP contribution < -0.4 is 5.32 Å². The Hall–Kier alpha value is -0.353. The highest BCUT2D eigenvalue weighted by Gasteiger charge is 2.47. The third-order valence-corrected chi connectivity index (χ3v) is 9.59. The molecule has 0 bridgehead atoms. The molecule has 0 saturated carbocycles. The molecule has 0 spiro atoms. The Morgan fingerprint density at radius 3 is 2.17 bits per heavy atom. The molecule has 1 fully saturated rings. The summed E-state index contributed by atoms with van der Waals surface area (Å²) >= 11 is 0. The van der Waals surface area contributed by atoms with Gasteiger partial charge < -0.3 is 9.74 Å². The summed E-state index contributed by atoms with van der Waals surface area (Å²) in [5.41, 5.74) is -0.216. The maximum atomic E-state index is 11.8. The molecule has 1 N–H and O–H groups in total. The lowest BCUT2D eigenvalue weighted by Crippen LogP contribution is -2.51. The number of hydrogen-bond acceptors (Lipinski definition) is 2. The van der Waals surface area contributed by atoms with Crippen molar-refractivity contribution < 1.29 is 9.22 Å². The average Bonchev–Trinajstić information content (AvgIpc) is 2.40. The fourth-order valence-corrected chi connectivity index (χ4v) is 3.10. The topological polar surface area (TPSA) is 38.3 Å². The van der Waals surface area contributed by atoms with Crippen molar-refractivity contribution >= 4 is 14.2 Å². The minimum absolute atomic E-state index is 0.0815. The Labute approximate surface area is 113 Å². The molecule has 1 saturated heterocycles. The highest BCUT2D eigenvalue weighted by molar-refractivity contribution is 6.74. The summed E-state index contributed by atoms with van der Waals surface area (Å²) in [5, 5.41) is 3.32. The van der Waals surface area contributed by atoms with Crippen LogP contribution in [-0.4, -0.2) is 26.4 Å². The molecule has 0 radical (unpaired) electrons. The zero-order valence-corrected chi connectivity index (χ0v) is 14.2. The predicted molar refractivity (Wildman–Crippen MR) is 78.0 cm³/mol. The number of hydrogen-bond donors (Lipinski definition) is 1. The number of nitrogens with one attached hydrogen (secondary N) is 1. The van der Waals surface area contributed by atoms with Gasteiger partial charge in [0, 0.05) is 5.92 Å². The van der Waals surface area contributed by atoms with Gasteiger partial charge in [0.15, 0.2) is 8.32 Å². The molecule has 18 heavy (non-hydrogen) atoms. The summed E-state index contributed by atoms with van der Waals surface area (Å²) in [5.74, 6) is 0.552. The molecule has 106 valence electrons. The first kappa shape index (κ1) is 15.7. The zero-order chi connectivity index (χ0) is 14.4. The molecule has 0 aliphatic carbocycles. The van der Waals surface area contributed by atoms with E-state index in [4.69, 9.17) is 4.43 Å². The lowest BCUT2D eigenvalue weighted by molar-refractivity contribution is -0.122. The molecule has 0 aromatic heterocycles. The van der Waals surface area contributed by atoms with Gasteiger partial charge in [-0.2, -0.15) is 0 Å². The van der Waals surface area contributed by atoms with E-state index in [-0.39, 0.29) is 22.4 Å². The maximum absolute atomic E-state index is 11.8. The first-order valence-electron chi connectivity index (χ1n) is 6.87. The summed E-state index contributed by atoms with van der Waals surface area (Å²) in [4.78, 5) is 11.8. The highest BCUT2D eigenvalue weighted by atomic mass is 28.4. The number of amides is 1. The van der Waals surface area contributed by atoms with Crippen molar-refractivity contribution in [3.8, 4) is 0 Å². The Balaban J connectivity index is 2.72. The molecule has 3 atom stereocenters. The lowest BCUT2D eigenvalue weighted by atomic mass is 9.84. The van der Waals surface area contributed by atoms with Gasteiger partial charge in [-0.1, -0.05) is 34.6 Å². The van der Waals surface area contributed by atoms with Gasteiger partial charge in [-0.15, -0.1) is 0 Å². The van der Waals surface area contributed by atoms with E-state index < -0.39 is 8.32 Å². The fourth-order valence-electron chi connectivity index (χ4n) is 2.00. The van der Waals surface area contributed by atoms with Gasteiger partial charge in [-0.3, -0.25) is 4.79 Å². The second-order valence-electron chi connectivity index (χ2n) is 7.53. The van der Waals surface area contributed by atoms with E-state index in [9.17, 15) is 4.79 Å². The summed E-state index contributed by atoms with van der Waals surface area (Å²) in [6.45, 7) is 18.1. The molecule has 0 aromatic rings. The van der Waals surface area contributed by atoms with Crippen LogP contribution in [0.3, 0.4) is 0 Å². The molecule has 1 aliphatic rings. The third-order valence-electron chi connectivity index (χ3n) is 5.12. The van der Waals surface area contributed by atoms with E-state index in [1.807, 2.05) is 6.92 Å². The number of carbonyl (C=O) groups excluding carboxylic acids is 1. The van der Waals surface area contributed by atoms with Crippen LogP contribution in [0, 0.1) is 11.8 Å². The SMILES string of the molecule is CC1C(=O)N[C@@](C)(CO[Si](C)(C)C(C)(C)C)C1C. The second-order valence-corrected chi connectivity index (χ2v) is 12.3. The summed E-state index contributed by atoms with van der Waals surface area (Å²) in [7, 11) is -1.74. The molecule has 2 unspecified atom stereocenters. The Morgan fingerprint density at radius 2 is 1.83 bits per heavy atom. The van der Waals surface area contributed by atoms with Crippen molar-refractivity contribution in [2.24, 2.45) is 11.8 Å². The van der Waals surface area contributed by atoms with E-state index in [1.54, 1.807) is 0 Å². The normalized spacial score (nSPS) is 33.7. The number of rotatable bonds is 3. The van der Waals surface area contributed by atoms with E-state index in [2.05, 4.69) is 53.0 Å². The van der Waals surface area contributed by atoms with Gasteiger partial charge in [0.1, 0.15) is 0 Å². The molecule has 1 heterocycles. The second kappa shape index (κ2) is 4.64. The monoisotopic (exact) mass is 271 g/mol. The molecule has 1 rings (SSSR count). The third kappa shape index (κ3) is 2.80. The van der Waals surface area contributed by atoms with Gasteiger partial charge >= 0.3 is 0 Å². The zero-order valence-electron chi connectivity index (χ0n) is 13.2. The first-order chi connectivity index (χ1) is 7.91. The van der Waals surface area contributed by atoms with Crippen LogP contribution in [0.1, 0.15) is 41.5 Å². The molecular weight excluding hydrogens is 242 g/mol. The van der Waals surface area contributed by atoms with Gasteiger partial charge in [-0.05, 0) is 31.0 Å². The van der Waals surface area contributed by atoms with Crippen LogP contribution >= 0.6 is 0 Å². The molecule has 1 aliphatic heterocycles. The largest absolute Gasteiger partial charge is 0.414 e. The highest BCUT2D eigenvalue weighted by Crippen LogP contribution is 2.39. The molecule has 4 heteroatoms. The van der Waals surface area contributed by atoms with Crippen LogP contribution in [0.2, 0.25) is 18.1 Å². The average molecular weight is 271 g/mol. The van der Waals surface area contributed by atoms with Crippen molar-refractivity contribution in [3.63, 3.8) is 0 Å². The van der Waals surface area contributed by atoms with Crippen molar-refractivity contribution in [1.29, 1.82) is 0 Å². The van der Waals surface area contributed by atoms with Crippen LogP contribution in [0.25, 0.3) is 0 Å². The number of carbonyl (C=O) groups is 1. The van der Waals surface area contributed by atoms with Crippen molar-refractivity contribution in [2.75, 3.05) is 6.61 Å². The van der Waals surface area contributed by atoms with Gasteiger partial charge in [0.05, 0.1) is 12.1 Å². The molecule has 0 aromatic carbocycles. The van der Waals surface area contributed by atoms with E-state index in [1.165, 1.54) is 0 Å². The Kier molecular flexibility index (Phi) is 4.05. The smallest absolute Gasteiger partial charge is 0.223 e. The minimum atomic E-state index is -1.74. The van der Waals surface area contributed by atoms with Gasteiger partial charge in [-0.25, -0.2) is 0 Å². The van der Waals surface area contributed by atoms with Crippen molar-refractivity contribution in [3.05, 3.63) is 0 Å². The van der Waals surface area contributed by atoms with E-state index in [0.717, 1.165) is 0 Å². The molecule has 3 nitrogen and oxygen atoms in total. The van der Waals surface area contributed by atoms with Crippen molar-refractivity contribution in [2.45, 2.75) is 65.2 Å². The van der Waals surface area contributed by atoms with Crippen LogP contribution in [-0.2, 0) is 9.22 Å². The van der Waals surface area contributed by atoms with Crippen molar-refractivity contribution in [1.82, 2.24) is 5.32 Å². The summed E-state index contributed by atoms with van der Waals surface area (Å²) in [6, 6.07) is 0. The Bertz CT molecular complexity index is 335. The Morgan fingerprint density at radius 1 is 1.33 bits per heavy atom. The van der Waals surface area contributed by atoms with Crippen LogP contribution in [0.15, 0.2) is 0 Å². The first-order valence-corrected chi connectivity index (χ1v) is 9.77.